The summed E-state index contributed by atoms with van der Waals surface area (Å²) in [5.74, 6) is -0.984. The van der Waals surface area contributed by atoms with Crippen LogP contribution in [0.5, 0.6) is 0 Å². The third kappa shape index (κ3) is 15.1. The highest BCUT2D eigenvalue weighted by Crippen LogP contribution is 2.07. The molecule has 0 unspecified atom stereocenters. The lowest BCUT2D eigenvalue weighted by molar-refractivity contribution is -0.138. The van der Waals surface area contributed by atoms with Crippen molar-refractivity contribution in [2.24, 2.45) is 0 Å². The van der Waals surface area contributed by atoms with Crippen molar-refractivity contribution in [1.29, 1.82) is 0 Å². The molecule has 0 aromatic heterocycles. The predicted molar refractivity (Wildman–Crippen MR) is 93.9 cm³/mol. The van der Waals surface area contributed by atoms with Gasteiger partial charge in [0.05, 0.1) is 19.6 Å². The molecule has 0 aromatic carbocycles. The second-order valence-electron chi connectivity index (χ2n) is 5.62. The monoisotopic (exact) mass is 352 g/mol. The van der Waals surface area contributed by atoms with Crippen LogP contribution in [0.3, 0.4) is 0 Å². The molecule has 0 aliphatic carbocycles. The summed E-state index contributed by atoms with van der Waals surface area (Å²) in [4.78, 5) is 45.0. The second kappa shape index (κ2) is 15.3. The van der Waals surface area contributed by atoms with Gasteiger partial charge in [-0.15, -0.1) is 0 Å². The van der Waals surface area contributed by atoms with E-state index in [9.17, 15) is 19.2 Å². The van der Waals surface area contributed by atoms with Gasteiger partial charge in [0.15, 0.2) is 0 Å². The Bertz CT molecular complexity index is 425. The molecule has 0 saturated carbocycles. The van der Waals surface area contributed by atoms with E-state index in [1.807, 2.05) is 0 Å². The Labute approximate surface area is 149 Å². The molecule has 0 aromatic rings. The number of unbranched alkanes of at least 4 members (excludes halogenated alkanes) is 4. The van der Waals surface area contributed by atoms with Gasteiger partial charge in [-0.1, -0.05) is 13.2 Å². The third-order valence-electron chi connectivity index (χ3n) is 3.42. The second-order valence-corrected chi connectivity index (χ2v) is 5.62. The van der Waals surface area contributed by atoms with Gasteiger partial charge < -0.3 is 9.47 Å². The van der Waals surface area contributed by atoms with E-state index >= 15 is 0 Å². The number of hydrogen-bond donors (Lipinski definition) is 0. The van der Waals surface area contributed by atoms with Crippen LogP contribution in [0.2, 0.25) is 0 Å². The van der Waals surface area contributed by atoms with Crippen molar-refractivity contribution in [3.63, 3.8) is 0 Å². The highest BCUT2D eigenvalue weighted by Gasteiger charge is 2.09. The summed E-state index contributed by atoms with van der Waals surface area (Å²) in [7, 11) is 0. The predicted octanol–water partition coefficient (Wildman–Crippen LogP) is 3.09. The van der Waals surface area contributed by atoms with Crippen LogP contribution in [0.4, 0.5) is 0 Å². The van der Waals surface area contributed by atoms with Crippen molar-refractivity contribution in [3.8, 4) is 0 Å². The molecule has 6 nitrogen and oxygen atoms in total. The Morgan fingerprint density at radius 3 is 1.40 bits per heavy atom. The van der Waals surface area contributed by atoms with Crippen LogP contribution < -0.4 is 0 Å². The van der Waals surface area contributed by atoms with Crippen LogP contribution in [0.1, 0.15) is 57.8 Å². The number of esters is 2. The fourth-order valence-electron chi connectivity index (χ4n) is 2.06. The molecule has 0 N–H and O–H groups in total. The molecule has 0 bridgehead atoms. The topological polar surface area (TPSA) is 86.7 Å². The Balaban J connectivity index is 3.51. The fourth-order valence-corrected chi connectivity index (χ4v) is 2.06. The van der Waals surface area contributed by atoms with Gasteiger partial charge in [-0.25, -0.2) is 9.59 Å². The van der Waals surface area contributed by atoms with Crippen molar-refractivity contribution >= 4 is 23.5 Å². The SMILES string of the molecule is C=CC(=O)OCCCCCC(=O)CC(=O)CCCCCOC(=O)C=C. The molecule has 0 atom stereocenters. The van der Waals surface area contributed by atoms with Crippen molar-refractivity contribution in [3.05, 3.63) is 25.3 Å². The Morgan fingerprint density at radius 1 is 0.640 bits per heavy atom. The zero-order valence-electron chi connectivity index (χ0n) is 14.8. The molecule has 25 heavy (non-hydrogen) atoms. The Hall–Kier alpha value is -2.24. The number of carbonyl (C=O) groups excluding carboxylic acids is 4. The van der Waals surface area contributed by atoms with E-state index in [-0.39, 0.29) is 18.0 Å². The van der Waals surface area contributed by atoms with Crippen LogP contribution in [0.25, 0.3) is 0 Å². The summed E-state index contributed by atoms with van der Waals surface area (Å²) in [6.45, 7) is 7.24. The maximum absolute atomic E-state index is 11.7. The summed E-state index contributed by atoms with van der Waals surface area (Å²) in [5, 5.41) is 0. The van der Waals surface area contributed by atoms with Crippen molar-refractivity contribution in [1.82, 2.24) is 0 Å². The van der Waals surface area contributed by atoms with Crippen molar-refractivity contribution in [2.45, 2.75) is 57.8 Å². The highest BCUT2D eigenvalue weighted by molar-refractivity contribution is 5.98. The molecule has 6 heteroatoms. The van der Waals surface area contributed by atoms with E-state index in [1.54, 1.807) is 0 Å². The van der Waals surface area contributed by atoms with E-state index in [0.29, 0.717) is 51.7 Å². The first kappa shape index (κ1) is 22.8. The zero-order chi connectivity index (χ0) is 18.9. The largest absolute Gasteiger partial charge is 0.463 e. The quantitative estimate of drug-likeness (QED) is 0.184. The number of carbonyl (C=O) groups is 4. The molecule has 0 aliphatic rings. The van der Waals surface area contributed by atoms with Crippen LogP contribution in [-0.4, -0.2) is 36.7 Å². The minimum atomic E-state index is -0.444. The molecule has 0 radical (unpaired) electrons. The molecule has 0 saturated heterocycles. The minimum absolute atomic E-state index is 0.0170. The average molecular weight is 352 g/mol. The van der Waals surface area contributed by atoms with Crippen LogP contribution in [0, 0.1) is 0 Å². The molecule has 0 heterocycles. The normalized spacial score (nSPS) is 9.92. The summed E-state index contributed by atoms with van der Waals surface area (Å²) in [6, 6.07) is 0. The highest BCUT2D eigenvalue weighted by atomic mass is 16.5. The van der Waals surface area contributed by atoms with Gasteiger partial charge in [0, 0.05) is 25.0 Å². The number of hydrogen-bond acceptors (Lipinski definition) is 6. The summed E-state index contributed by atoms with van der Waals surface area (Å²) in [6.07, 6.45) is 7.26. The maximum Gasteiger partial charge on any atom is 0.330 e. The number of ether oxygens (including phenoxy) is 2. The van der Waals surface area contributed by atoms with Crippen LogP contribution >= 0.6 is 0 Å². The van der Waals surface area contributed by atoms with E-state index in [4.69, 9.17) is 9.47 Å². The summed E-state index contributed by atoms with van der Waals surface area (Å²) >= 11 is 0. The lowest BCUT2D eigenvalue weighted by Gasteiger charge is -2.03. The van der Waals surface area contributed by atoms with Crippen molar-refractivity contribution < 1.29 is 28.7 Å². The summed E-state index contributed by atoms with van der Waals surface area (Å²) < 4.78 is 9.65. The molecule has 0 fully saturated rings. The van der Waals surface area contributed by atoms with Gasteiger partial charge in [0.25, 0.3) is 0 Å². The van der Waals surface area contributed by atoms with Crippen LogP contribution in [-0.2, 0) is 28.7 Å². The maximum atomic E-state index is 11.7. The van der Waals surface area contributed by atoms with Gasteiger partial charge in [-0.2, -0.15) is 0 Å². The van der Waals surface area contributed by atoms with E-state index in [2.05, 4.69) is 13.2 Å². The minimum Gasteiger partial charge on any atom is -0.463 e. The molecule has 0 aliphatic heterocycles. The first-order valence-corrected chi connectivity index (χ1v) is 8.61. The first-order chi connectivity index (χ1) is 12.0. The number of Topliss-reactive ketones (excluding diaryl/α,β-unsaturated/α-hetero) is 2. The lowest BCUT2D eigenvalue weighted by atomic mass is 10.0. The standard InChI is InChI=1S/C19H28O6/c1-3-18(22)24-13-9-5-7-11-16(20)15-17(21)12-8-6-10-14-25-19(23)4-2/h3-4H,1-2,5-15H2. The van der Waals surface area contributed by atoms with Gasteiger partial charge in [-0.3, -0.25) is 9.59 Å². The Kier molecular flexibility index (Phi) is 13.9. The number of ketones is 2. The van der Waals surface area contributed by atoms with Gasteiger partial charge in [-0.05, 0) is 38.5 Å². The molecule has 0 rings (SSSR count). The molecule has 0 amide bonds. The third-order valence-corrected chi connectivity index (χ3v) is 3.42. The lowest BCUT2D eigenvalue weighted by Crippen LogP contribution is -2.08. The van der Waals surface area contributed by atoms with Crippen molar-refractivity contribution in [2.75, 3.05) is 13.2 Å². The van der Waals surface area contributed by atoms with Crippen LogP contribution in [0.15, 0.2) is 25.3 Å². The van der Waals surface area contributed by atoms with E-state index in [1.165, 1.54) is 0 Å². The fraction of sp³-hybridized carbons (Fsp3) is 0.579. The molecule has 0 spiro atoms. The average Bonchev–Trinajstić information content (AvgIpc) is 2.60. The van der Waals surface area contributed by atoms with Gasteiger partial charge in [0.2, 0.25) is 0 Å². The zero-order valence-corrected chi connectivity index (χ0v) is 14.8. The van der Waals surface area contributed by atoms with Gasteiger partial charge >= 0.3 is 11.9 Å². The smallest absolute Gasteiger partial charge is 0.330 e. The number of rotatable bonds is 16. The molecule has 140 valence electrons. The molecular formula is C19H28O6. The first-order valence-electron chi connectivity index (χ1n) is 8.61. The van der Waals surface area contributed by atoms with E-state index < -0.39 is 11.9 Å². The van der Waals surface area contributed by atoms with Gasteiger partial charge in [0.1, 0.15) is 11.6 Å². The molecular weight excluding hydrogens is 324 g/mol. The summed E-state index contributed by atoms with van der Waals surface area (Å²) in [5.41, 5.74) is 0. The Morgan fingerprint density at radius 2 is 1.04 bits per heavy atom. The van der Waals surface area contributed by atoms with E-state index in [0.717, 1.165) is 25.0 Å².